The average molecular weight is 259 g/mol. The lowest BCUT2D eigenvalue weighted by atomic mass is 9.90. The van der Waals surface area contributed by atoms with E-state index in [2.05, 4.69) is 34.5 Å². The van der Waals surface area contributed by atoms with Crippen LogP contribution >= 0.6 is 0 Å². The Kier molecular flexibility index (Phi) is 3.69. The van der Waals surface area contributed by atoms with Gasteiger partial charge in [0.15, 0.2) is 0 Å². The first-order valence-corrected chi connectivity index (χ1v) is 7.11. The number of para-hydroxylation sites is 1. The Balaban J connectivity index is 1.64. The van der Waals surface area contributed by atoms with Crippen LogP contribution in [-0.2, 0) is 4.79 Å². The van der Waals surface area contributed by atoms with Crippen LogP contribution in [0.25, 0.3) is 0 Å². The second-order valence-corrected chi connectivity index (χ2v) is 5.44. The lowest BCUT2D eigenvalue weighted by Crippen LogP contribution is -2.47. The summed E-state index contributed by atoms with van der Waals surface area (Å²) in [4.78, 5) is 15.1. The zero-order valence-corrected chi connectivity index (χ0v) is 11.2. The van der Waals surface area contributed by atoms with Crippen molar-refractivity contribution >= 4 is 12.1 Å². The van der Waals surface area contributed by atoms with E-state index in [1.165, 1.54) is 17.7 Å². The van der Waals surface area contributed by atoms with Crippen molar-refractivity contribution in [1.29, 1.82) is 0 Å². The number of benzene rings is 1. The highest BCUT2D eigenvalue weighted by Crippen LogP contribution is 2.31. The highest BCUT2D eigenvalue weighted by Gasteiger charge is 2.23. The number of anilines is 1. The molecule has 1 N–H and O–H groups in total. The molecule has 1 aromatic rings. The van der Waals surface area contributed by atoms with Crippen molar-refractivity contribution in [3.63, 3.8) is 0 Å². The molecule has 0 saturated carbocycles. The van der Waals surface area contributed by atoms with Gasteiger partial charge in [0.2, 0.25) is 6.41 Å². The molecule has 0 aliphatic carbocycles. The summed E-state index contributed by atoms with van der Waals surface area (Å²) in [5, 5.41) is 3.47. The maximum atomic E-state index is 10.7. The van der Waals surface area contributed by atoms with E-state index in [1.54, 1.807) is 0 Å². The van der Waals surface area contributed by atoms with Crippen molar-refractivity contribution in [1.82, 2.24) is 9.80 Å². The Labute approximate surface area is 114 Å². The standard InChI is InChI=1S/C15H21N3O/c19-12-18-9-7-17(8-10-18)11-13-5-6-16-15-4-2-1-3-14(13)15/h1-4,12-13,16H,5-11H2. The number of hydrogen-bond donors (Lipinski definition) is 1. The van der Waals surface area contributed by atoms with Gasteiger partial charge < -0.3 is 10.2 Å². The van der Waals surface area contributed by atoms with Crippen molar-refractivity contribution in [2.45, 2.75) is 12.3 Å². The number of piperazine rings is 1. The molecule has 3 rings (SSSR count). The largest absolute Gasteiger partial charge is 0.385 e. The Hall–Kier alpha value is -1.55. The third-order valence-electron chi connectivity index (χ3n) is 4.24. The van der Waals surface area contributed by atoms with Gasteiger partial charge in [-0.15, -0.1) is 0 Å². The molecule has 2 aliphatic heterocycles. The SMILES string of the molecule is O=CN1CCN(CC2CCNc3ccccc32)CC1. The summed E-state index contributed by atoms with van der Waals surface area (Å²) in [5.41, 5.74) is 2.75. The minimum absolute atomic E-state index is 0.625. The van der Waals surface area contributed by atoms with Crippen molar-refractivity contribution in [2.24, 2.45) is 0 Å². The summed E-state index contributed by atoms with van der Waals surface area (Å²) in [6.07, 6.45) is 2.17. The van der Waals surface area contributed by atoms with Gasteiger partial charge in [-0.3, -0.25) is 9.69 Å². The van der Waals surface area contributed by atoms with Crippen LogP contribution < -0.4 is 5.32 Å². The molecule has 102 valence electrons. The first-order valence-electron chi connectivity index (χ1n) is 7.11. The summed E-state index contributed by atoms with van der Waals surface area (Å²) in [6, 6.07) is 8.64. The molecule has 1 aromatic carbocycles. The molecular weight excluding hydrogens is 238 g/mol. The van der Waals surface area contributed by atoms with Crippen molar-refractivity contribution in [2.75, 3.05) is 44.6 Å². The van der Waals surface area contributed by atoms with Crippen LogP contribution in [0.5, 0.6) is 0 Å². The quantitative estimate of drug-likeness (QED) is 0.833. The van der Waals surface area contributed by atoms with Crippen LogP contribution in [0.2, 0.25) is 0 Å². The normalized spacial score (nSPS) is 23.6. The number of carbonyl (C=O) groups excluding carboxylic acids is 1. The lowest BCUT2D eigenvalue weighted by Gasteiger charge is -2.36. The van der Waals surface area contributed by atoms with Crippen molar-refractivity contribution in [3.05, 3.63) is 29.8 Å². The summed E-state index contributed by atoms with van der Waals surface area (Å²) >= 11 is 0. The number of rotatable bonds is 3. The van der Waals surface area contributed by atoms with E-state index in [4.69, 9.17) is 0 Å². The van der Waals surface area contributed by atoms with Crippen molar-refractivity contribution in [3.8, 4) is 0 Å². The highest BCUT2D eigenvalue weighted by atomic mass is 16.1. The number of nitrogens with zero attached hydrogens (tertiary/aromatic N) is 2. The first-order chi connectivity index (χ1) is 9.36. The van der Waals surface area contributed by atoms with Crippen LogP contribution in [-0.4, -0.2) is 55.5 Å². The van der Waals surface area contributed by atoms with Gasteiger partial charge >= 0.3 is 0 Å². The van der Waals surface area contributed by atoms with Gasteiger partial charge in [0.05, 0.1) is 0 Å². The fourth-order valence-electron chi connectivity index (χ4n) is 3.10. The smallest absolute Gasteiger partial charge is 0.209 e. The predicted molar refractivity (Wildman–Crippen MR) is 76.4 cm³/mol. The molecule has 1 fully saturated rings. The van der Waals surface area contributed by atoms with Crippen LogP contribution in [0, 0.1) is 0 Å². The van der Waals surface area contributed by atoms with E-state index < -0.39 is 0 Å². The fraction of sp³-hybridized carbons (Fsp3) is 0.533. The molecule has 1 saturated heterocycles. The zero-order chi connectivity index (χ0) is 13.1. The van der Waals surface area contributed by atoms with Gasteiger partial charge in [0.25, 0.3) is 0 Å². The van der Waals surface area contributed by atoms with Crippen LogP contribution in [0.3, 0.4) is 0 Å². The molecule has 1 amide bonds. The molecule has 2 heterocycles. The Morgan fingerprint density at radius 3 is 2.79 bits per heavy atom. The van der Waals surface area contributed by atoms with Crippen LogP contribution in [0.1, 0.15) is 17.9 Å². The number of hydrogen-bond acceptors (Lipinski definition) is 3. The Bertz CT molecular complexity index is 441. The zero-order valence-electron chi connectivity index (χ0n) is 11.2. The Morgan fingerprint density at radius 1 is 1.21 bits per heavy atom. The van der Waals surface area contributed by atoms with E-state index in [9.17, 15) is 4.79 Å². The molecule has 4 nitrogen and oxygen atoms in total. The van der Waals surface area contributed by atoms with Crippen LogP contribution in [0.15, 0.2) is 24.3 Å². The van der Waals surface area contributed by atoms with E-state index in [0.717, 1.165) is 45.7 Å². The number of carbonyl (C=O) groups is 1. The fourth-order valence-corrected chi connectivity index (χ4v) is 3.10. The first kappa shape index (κ1) is 12.5. The minimum atomic E-state index is 0.625. The van der Waals surface area contributed by atoms with Gasteiger partial charge in [-0.1, -0.05) is 18.2 Å². The molecule has 1 unspecified atom stereocenters. The molecule has 0 aromatic heterocycles. The topological polar surface area (TPSA) is 35.6 Å². The van der Waals surface area contributed by atoms with Crippen molar-refractivity contribution < 1.29 is 4.79 Å². The number of nitrogens with one attached hydrogen (secondary N) is 1. The van der Waals surface area contributed by atoms with Gasteiger partial charge in [0.1, 0.15) is 0 Å². The molecule has 19 heavy (non-hydrogen) atoms. The second kappa shape index (κ2) is 5.61. The monoisotopic (exact) mass is 259 g/mol. The van der Waals surface area contributed by atoms with Gasteiger partial charge in [-0.2, -0.15) is 0 Å². The maximum absolute atomic E-state index is 10.7. The lowest BCUT2D eigenvalue weighted by molar-refractivity contribution is -0.119. The molecule has 4 heteroatoms. The third-order valence-corrected chi connectivity index (χ3v) is 4.24. The van der Waals surface area contributed by atoms with Gasteiger partial charge in [-0.05, 0) is 18.1 Å². The molecule has 1 atom stereocenters. The van der Waals surface area contributed by atoms with Crippen LogP contribution in [0.4, 0.5) is 5.69 Å². The average Bonchev–Trinajstić information content (AvgIpc) is 2.48. The molecule has 0 radical (unpaired) electrons. The predicted octanol–water partition coefficient (Wildman–Crippen LogP) is 1.36. The second-order valence-electron chi connectivity index (χ2n) is 5.44. The van der Waals surface area contributed by atoms with E-state index in [-0.39, 0.29) is 0 Å². The summed E-state index contributed by atoms with van der Waals surface area (Å²) in [5.74, 6) is 0.625. The third kappa shape index (κ3) is 2.73. The summed E-state index contributed by atoms with van der Waals surface area (Å²) in [6.45, 7) is 5.93. The minimum Gasteiger partial charge on any atom is -0.385 e. The van der Waals surface area contributed by atoms with Gasteiger partial charge in [0, 0.05) is 50.9 Å². The molecular formula is C15H21N3O. The number of amides is 1. The van der Waals surface area contributed by atoms with E-state index in [1.807, 2.05) is 4.90 Å². The Morgan fingerprint density at radius 2 is 2.00 bits per heavy atom. The molecule has 0 bridgehead atoms. The van der Waals surface area contributed by atoms with E-state index in [0.29, 0.717) is 5.92 Å². The summed E-state index contributed by atoms with van der Waals surface area (Å²) in [7, 11) is 0. The highest BCUT2D eigenvalue weighted by molar-refractivity contribution is 5.54. The maximum Gasteiger partial charge on any atom is 0.209 e. The van der Waals surface area contributed by atoms with Gasteiger partial charge in [-0.25, -0.2) is 0 Å². The molecule has 0 spiro atoms. The molecule has 2 aliphatic rings. The van der Waals surface area contributed by atoms with E-state index >= 15 is 0 Å². The number of fused-ring (bicyclic) bond motifs is 1. The summed E-state index contributed by atoms with van der Waals surface area (Å²) < 4.78 is 0.